The van der Waals surface area contributed by atoms with E-state index in [0.29, 0.717) is 0 Å². The zero-order chi connectivity index (χ0) is 9.68. The summed E-state index contributed by atoms with van der Waals surface area (Å²) in [6.45, 7) is 6.88. The molecule has 13 heavy (non-hydrogen) atoms. The van der Waals surface area contributed by atoms with E-state index in [0.717, 1.165) is 5.92 Å². The quantitative estimate of drug-likeness (QED) is 0.552. The summed E-state index contributed by atoms with van der Waals surface area (Å²) >= 11 is 0. The van der Waals surface area contributed by atoms with Crippen LogP contribution >= 0.6 is 0 Å². The van der Waals surface area contributed by atoms with Gasteiger partial charge in [0, 0.05) is 0 Å². The van der Waals surface area contributed by atoms with Crippen LogP contribution in [0.4, 0.5) is 0 Å². The summed E-state index contributed by atoms with van der Waals surface area (Å²) < 4.78 is 0. The second-order valence-corrected chi connectivity index (χ2v) is 4.61. The van der Waals surface area contributed by atoms with Gasteiger partial charge >= 0.3 is 0 Å². The van der Waals surface area contributed by atoms with Gasteiger partial charge in [0.2, 0.25) is 0 Å². The Morgan fingerprint density at radius 3 is 2.69 bits per heavy atom. The maximum atomic E-state index is 2.30. The Balaban J connectivity index is 2.52. The highest BCUT2D eigenvalue weighted by atomic mass is 14.2. The molecule has 1 aliphatic rings. The lowest BCUT2D eigenvalue weighted by atomic mass is 9.79. The fourth-order valence-corrected chi connectivity index (χ4v) is 2.51. The van der Waals surface area contributed by atoms with Gasteiger partial charge in [-0.3, -0.25) is 0 Å². The highest BCUT2D eigenvalue weighted by Crippen LogP contribution is 2.34. The fraction of sp³-hybridized carbons (Fsp3) is 0.846. The lowest BCUT2D eigenvalue weighted by molar-refractivity contribution is 0.413. The van der Waals surface area contributed by atoms with Crippen LogP contribution in [-0.4, -0.2) is 0 Å². The number of hydrogen-bond acceptors (Lipinski definition) is 0. The molecule has 1 atom stereocenters. The maximum absolute atomic E-state index is 2.30. The van der Waals surface area contributed by atoms with Crippen molar-refractivity contribution in [1.82, 2.24) is 0 Å². The van der Waals surface area contributed by atoms with Gasteiger partial charge in [0.25, 0.3) is 0 Å². The minimum absolute atomic E-state index is 0.943. The maximum Gasteiger partial charge on any atom is -0.0201 e. The molecule has 1 rings (SSSR count). The zero-order valence-electron chi connectivity index (χ0n) is 9.53. The summed E-state index contributed by atoms with van der Waals surface area (Å²) in [6.07, 6.45) is 9.95. The van der Waals surface area contributed by atoms with E-state index in [1.807, 2.05) is 0 Å². The van der Waals surface area contributed by atoms with Crippen LogP contribution in [0.1, 0.15) is 65.7 Å². The topological polar surface area (TPSA) is 0 Å². The lowest BCUT2D eigenvalue weighted by Gasteiger charge is -2.26. The van der Waals surface area contributed by atoms with E-state index in [2.05, 4.69) is 20.8 Å². The molecular weight excluding hydrogens is 156 g/mol. The van der Waals surface area contributed by atoms with E-state index in [9.17, 15) is 0 Å². The van der Waals surface area contributed by atoms with E-state index in [-0.39, 0.29) is 0 Å². The molecule has 0 radical (unpaired) electrons. The minimum Gasteiger partial charge on any atom is -0.0770 e. The molecule has 1 aliphatic carbocycles. The van der Waals surface area contributed by atoms with Crippen molar-refractivity contribution < 1.29 is 0 Å². The molecule has 0 saturated heterocycles. The van der Waals surface area contributed by atoms with Gasteiger partial charge in [-0.15, -0.1) is 0 Å². The number of rotatable bonds is 3. The first-order valence-electron chi connectivity index (χ1n) is 5.92. The highest BCUT2D eigenvalue weighted by Gasteiger charge is 2.18. The molecule has 0 heterocycles. The predicted molar refractivity (Wildman–Crippen MR) is 59.9 cm³/mol. The molecular formula is C13H24. The lowest BCUT2D eigenvalue weighted by Crippen LogP contribution is -2.11. The Morgan fingerprint density at radius 2 is 2.08 bits per heavy atom. The minimum atomic E-state index is 0.943. The van der Waals surface area contributed by atoms with Crippen molar-refractivity contribution in [2.75, 3.05) is 0 Å². The zero-order valence-corrected chi connectivity index (χ0v) is 9.53. The van der Waals surface area contributed by atoms with Crippen molar-refractivity contribution in [3.8, 4) is 0 Å². The van der Waals surface area contributed by atoms with Crippen LogP contribution < -0.4 is 0 Å². The summed E-state index contributed by atoms with van der Waals surface area (Å²) in [5.74, 6) is 0.943. The van der Waals surface area contributed by atoms with Gasteiger partial charge < -0.3 is 0 Å². The normalized spacial score (nSPS) is 23.3. The average Bonchev–Trinajstić information content (AvgIpc) is 2.15. The van der Waals surface area contributed by atoms with Crippen LogP contribution in [0.5, 0.6) is 0 Å². The number of allylic oxidation sites excluding steroid dienone is 2. The van der Waals surface area contributed by atoms with Crippen molar-refractivity contribution in [3.05, 3.63) is 11.1 Å². The SMILES string of the molecule is CCCCC1CCCCC1=C(C)C. The third-order valence-corrected chi connectivity index (χ3v) is 3.29. The second-order valence-electron chi connectivity index (χ2n) is 4.61. The monoisotopic (exact) mass is 180 g/mol. The van der Waals surface area contributed by atoms with E-state index in [4.69, 9.17) is 0 Å². The van der Waals surface area contributed by atoms with Crippen LogP contribution in [0.25, 0.3) is 0 Å². The predicted octanol–water partition coefficient (Wildman–Crippen LogP) is 4.70. The average molecular weight is 180 g/mol. The molecule has 0 heteroatoms. The molecule has 0 amide bonds. The van der Waals surface area contributed by atoms with Gasteiger partial charge in [0.05, 0.1) is 0 Å². The summed E-state index contributed by atoms with van der Waals surface area (Å²) in [4.78, 5) is 0. The van der Waals surface area contributed by atoms with Crippen molar-refractivity contribution in [1.29, 1.82) is 0 Å². The molecule has 0 aromatic carbocycles. The molecule has 1 saturated carbocycles. The summed E-state index contributed by atoms with van der Waals surface area (Å²) in [5, 5.41) is 0. The Bertz CT molecular complexity index is 172. The van der Waals surface area contributed by atoms with Crippen LogP contribution in [0.2, 0.25) is 0 Å². The molecule has 0 aromatic rings. The van der Waals surface area contributed by atoms with Crippen molar-refractivity contribution >= 4 is 0 Å². The molecule has 0 N–H and O–H groups in total. The Labute approximate surface area is 83.4 Å². The molecule has 0 nitrogen and oxygen atoms in total. The van der Waals surface area contributed by atoms with Gasteiger partial charge in [0.1, 0.15) is 0 Å². The van der Waals surface area contributed by atoms with Crippen LogP contribution in [-0.2, 0) is 0 Å². The summed E-state index contributed by atoms with van der Waals surface area (Å²) in [5.41, 5.74) is 3.39. The van der Waals surface area contributed by atoms with E-state index >= 15 is 0 Å². The first-order valence-corrected chi connectivity index (χ1v) is 5.92. The standard InChI is InChI=1S/C13H24/c1-4-5-8-12-9-6-7-10-13(12)11(2)3/h12H,4-10H2,1-3H3. The van der Waals surface area contributed by atoms with E-state index in [1.54, 1.807) is 11.1 Å². The van der Waals surface area contributed by atoms with Crippen molar-refractivity contribution in [2.24, 2.45) is 5.92 Å². The number of hydrogen-bond donors (Lipinski definition) is 0. The van der Waals surface area contributed by atoms with Crippen LogP contribution in [0, 0.1) is 5.92 Å². The molecule has 1 fully saturated rings. The highest BCUT2D eigenvalue weighted by molar-refractivity contribution is 5.15. The first-order chi connectivity index (χ1) is 6.25. The largest absolute Gasteiger partial charge is 0.0770 e. The fourth-order valence-electron chi connectivity index (χ4n) is 2.51. The molecule has 0 aliphatic heterocycles. The van der Waals surface area contributed by atoms with Gasteiger partial charge in [-0.05, 0) is 45.4 Å². The molecule has 1 unspecified atom stereocenters. The molecule has 0 bridgehead atoms. The van der Waals surface area contributed by atoms with Gasteiger partial charge in [-0.2, -0.15) is 0 Å². The molecule has 0 aromatic heterocycles. The molecule has 76 valence electrons. The van der Waals surface area contributed by atoms with E-state index in [1.165, 1.54) is 44.9 Å². The van der Waals surface area contributed by atoms with Gasteiger partial charge in [0.15, 0.2) is 0 Å². The summed E-state index contributed by atoms with van der Waals surface area (Å²) in [7, 11) is 0. The van der Waals surface area contributed by atoms with Crippen molar-refractivity contribution in [3.63, 3.8) is 0 Å². The third-order valence-electron chi connectivity index (χ3n) is 3.29. The van der Waals surface area contributed by atoms with Crippen LogP contribution in [0.15, 0.2) is 11.1 Å². The van der Waals surface area contributed by atoms with E-state index < -0.39 is 0 Å². The Morgan fingerprint density at radius 1 is 1.31 bits per heavy atom. The third kappa shape index (κ3) is 3.17. The smallest absolute Gasteiger partial charge is 0.0201 e. The van der Waals surface area contributed by atoms with Crippen LogP contribution in [0.3, 0.4) is 0 Å². The number of unbranched alkanes of at least 4 members (excludes halogenated alkanes) is 1. The Kier molecular flexibility index (Phi) is 4.55. The van der Waals surface area contributed by atoms with Gasteiger partial charge in [-0.1, -0.05) is 37.3 Å². The second kappa shape index (κ2) is 5.47. The first kappa shape index (κ1) is 10.8. The molecule has 0 spiro atoms. The van der Waals surface area contributed by atoms with Gasteiger partial charge in [-0.25, -0.2) is 0 Å². The Hall–Kier alpha value is -0.260. The summed E-state index contributed by atoms with van der Waals surface area (Å²) in [6, 6.07) is 0. The van der Waals surface area contributed by atoms with Crippen molar-refractivity contribution in [2.45, 2.75) is 65.7 Å².